The summed E-state index contributed by atoms with van der Waals surface area (Å²) in [4.78, 5) is 30.8. The number of carbonyl (C=O) groups excluding carboxylic acids is 2. The Morgan fingerprint density at radius 1 is 1.30 bits per heavy atom. The molecule has 3 fully saturated rings. The van der Waals surface area contributed by atoms with E-state index in [1.54, 1.807) is 4.90 Å². The first-order valence-corrected chi connectivity index (χ1v) is 11.4. The molecule has 2 saturated carbocycles. The number of nitrogens with zero attached hydrogens (tertiary/aromatic N) is 3. The number of rotatable bonds is 7. The van der Waals surface area contributed by atoms with Crippen LogP contribution >= 0.6 is 0 Å². The molecule has 0 aromatic carbocycles. The van der Waals surface area contributed by atoms with Gasteiger partial charge in [0.05, 0.1) is 5.75 Å². The highest BCUT2D eigenvalue weighted by molar-refractivity contribution is 7.90. The fraction of sp³-hybridized carbons (Fsp3) is 0.765. The largest absolute Gasteiger partial charge is 0.346 e. The van der Waals surface area contributed by atoms with Crippen molar-refractivity contribution >= 4 is 21.7 Å². The van der Waals surface area contributed by atoms with Gasteiger partial charge in [-0.1, -0.05) is 5.16 Å². The van der Waals surface area contributed by atoms with Crippen LogP contribution < -0.4 is 5.32 Å². The van der Waals surface area contributed by atoms with Gasteiger partial charge in [0.15, 0.2) is 0 Å². The van der Waals surface area contributed by atoms with E-state index in [-0.39, 0.29) is 47.8 Å². The van der Waals surface area contributed by atoms with E-state index in [2.05, 4.69) is 15.5 Å². The summed E-state index contributed by atoms with van der Waals surface area (Å²) in [7, 11) is -3.12. The minimum absolute atomic E-state index is 0.00746. The molecule has 0 bridgehead atoms. The minimum atomic E-state index is -3.12. The molecule has 4 rings (SSSR count). The number of hydrogen-bond donors (Lipinski definition) is 1. The maximum absolute atomic E-state index is 12.8. The third kappa shape index (κ3) is 4.31. The van der Waals surface area contributed by atoms with Crippen LogP contribution in [-0.4, -0.2) is 59.9 Å². The van der Waals surface area contributed by atoms with Gasteiger partial charge in [0.1, 0.15) is 15.9 Å². The smallest absolute Gasteiger partial charge is 0.292 e. The Hall–Kier alpha value is -1.97. The van der Waals surface area contributed by atoms with Crippen LogP contribution in [0, 0.1) is 5.41 Å². The first-order chi connectivity index (χ1) is 12.7. The zero-order valence-corrected chi connectivity index (χ0v) is 16.1. The van der Waals surface area contributed by atoms with Gasteiger partial charge in [0, 0.05) is 25.3 Å². The van der Waals surface area contributed by atoms with E-state index in [9.17, 15) is 18.0 Å². The number of carbonyl (C=O) groups is 2. The molecule has 10 heteroatoms. The monoisotopic (exact) mass is 396 g/mol. The number of nitrogens with one attached hydrogen (secondary N) is 1. The molecule has 0 spiro atoms. The van der Waals surface area contributed by atoms with Crippen molar-refractivity contribution in [3.8, 4) is 0 Å². The molecule has 2 aliphatic carbocycles. The Balaban J connectivity index is 1.42. The maximum Gasteiger partial charge on any atom is 0.292 e. The number of amides is 2. The predicted octanol–water partition coefficient (Wildman–Crippen LogP) is 0.840. The third-order valence-electron chi connectivity index (χ3n) is 5.47. The summed E-state index contributed by atoms with van der Waals surface area (Å²) < 4.78 is 28.5. The summed E-state index contributed by atoms with van der Waals surface area (Å²) in [5.41, 5.74) is -0.415. The average molecular weight is 396 g/mol. The number of hydrogen-bond acceptors (Lipinski definition) is 7. The van der Waals surface area contributed by atoms with E-state index in [4.69, 9.17) is 4.52 Å². The highest BCUT2D eigenvalue weighted by Crippen LogP contribution is 2.50. The number of likely N-dealkylation sites (tertiary alicyclic amines) is 1. The van der Waals surface area contributed by atoms with Crippen LogP contribution in [0.4, 0.5) is 0 Å². The minimum Gasteiger partial charge on any atom is -0.346 e. The lowest BCUT2D eigenvalue weighted by molar-refractivity contribution is -0.133. The molecule has 1 saturated heterocycles. The van der Waals surface area contributed by atoms with Crippen LogP contribution in [0.25, 0.3) is 0 Å². The maximum atomic E-state index is 12.8. The van der Waals surface area contributed by atoms with Gasteiger partial charge in [-0.2, -0.15) is 4.98 Å². The lowest BCUT2D eigenvalue weighted by atomic mass is 10.0. The van der Waals surface area contributed by atoms with Crippen LogP contribution in [-0.2, 0) is 14.6 Å². The molecule has 0 radical (unpaired) electrons. The van der Waals surface area contributed by atoms with Gasteiger partial charge >= 0.3 is 0 Å². The zero-order chi connectivity index (χ0) is 19.2. The lowest BCUT2D eigenvalue weighted by Gasteiger charge is -2.24. The highest BCUT2D eigenvalue weighted by Gasteiger charge is 2.48. The predicted molar refractivity (Wildman–Crippen MR) is 94.5 cm³/mol. The van der Waals surface area contributed by atoms with Gasteiger partial charge < -0.3 is 14.7 Å². The fourth-order valence-electron chi connectivity index (χ4n) is 3.79. The van der Waals surface area contributed by atoms with Gasteiger partial charge in [-0.3, -0.25) is 9.59 Å². The van der Waals surface area contributed by atoms with Gasteiger partial charge in [0.25, 0.3) is 11.7 Å². The Morgan fingerprint density at radius 2 is 2.04 bits per heavy atom. The second-order valence-electron chi connectivity index (χ2n) is 8.20. The lowest BCUT2D eigenvalue weighted by Crippen LogP contribution is -2.34. The molecule has 2 heterocycles. The second kappa shape index (κ2) is 6.57. The molecule has 1 aromatic rings. The van der Waals surface area contributed by atoms with Gasteiger partial charge in [-0.25, -0.2) is 8.42 Å². The van der Waals surface area contributed by atoms with Crippen LogP contribution in [0.15, 0.2) is 4.52 Å². The fourth-order valence-corrected chi connectivity index (χ4v) is 5.29. The van der Waals surface area contributed by atoms with E-state index in [0.717, 1.165) is 32.1 Å². The summed E-state index contributed by atoms with van der Waals surface area (Å²) in [6, 6.07) is -0.143. The molecule has 1 N–H and O–H groups in total. The molecular weight excluding hydrogens is 372 g/mol. The van der Waals surface area contributed by atoms with E-state index in [1.807, 2.05) is 0 Å². The first kappa shape index (κ1) is 18.4. The second-order valence-corrected chi connectivity index (χ2v) is 10.3. The first-order valence-electron chi connectivity index (χ1n) is 9.36. The average Bonchev–Trinajstić information content (AvgIpc) is 3.40. The molecule has 2 amide bonds. The van der Waals surface area contributed by atoms with Crippen molar-refractivity contribution < 1.29 is 22.5 Å². The molecule has 1 aromatic heterocycles. The quantitative estimate of drug-likeness (QED) is 0.724. The number of sulfone groups is 1. The van der Waals surface area contributed by atoms with Crippen LogP contribution in [0.2, 0.25) is 0 Å². The van der Waals surface area contributed by atoms with Gasteiger partial charge in [-0.15, -0.1) is 0 Å². The van der Waals surface area contributed by atoms with E-state index in [0.29, 0.717) is 13.0 Å². The van der Waals surface area contributed by atoms with Crippen LogP contribution in [0.3, 0.4) is 0 Å². The van der Waals surface area contributed by atoms with Gasteiger partial charge in [0.2, 0.25) is 11.8 Å². The van der Waals surface area contributed by atoms with Crippen molar-refractivity contribution in [3.63, 3.8) is 0 Å². The SMILES string of the molecule is CS(=O)(=O)CC1(CC(=O)N2CCCC2c2nc(C(=O)NC3CC3)no2)CC1. The van der Waals surface area contributed by atoms with Crippen molar-refractivity contribution in [1.29, 1.82) is 0 Å². The summed E-state index contributed by atoms with van der Waals surface area (Å²) in [5.74, 6) is -0.119. The topological polar surface area (TPSA) is 122 Å². The standard InChI is InChI=1S/C17H24N4O5S/c1-27(24,25)10-17(6-7-17)9-13(22)21-8-2-3-12(21)16-19-14(20-26-16)15(23)18-11-4-5-11/h11-12H,2-10H2,1H3,(H,18,23). The summed E-state index contributed by atoms with van der Waals surface area (Å²) >= 11 is 0. The molecular formula is C17H24N4O5S. The van der Waals surface area contributed by atoms with E-state index in [1.165, 1.54) is 6.26 Å². The third-order valence-corrected chi connectivity index (χ3v) is 6.60. The van der Waals surface area contributed by atoms with Crippen LogP contribution in [0.1, 0.15) is 67.5 Å². The Morgan fingerprint density at radius 3 is 2.67 bits per heavy atom. The Bertz CT molecular complexity index is 856. The van der Waals surface area contributed by atoms with Crippen molar-refractivity contribution in [3.05, 3.63) is 11.7 Å². The Labute approximate surface area is 157 Å². The van der Waals surface area contributed by atoms with Crippen LogP contribution in [0.5, 0.6) is 0 Å². The molecule has 1 unspecified atom stereocenters. The molecule has 9 nitrogen and oxygen atoms in total. The molecule has 27 heavy (non-hydrogen) atoms. The highest BCUT2D eigenvalue weighted by atomic mass is 32.2. The van der Waals surface area contributed by atoms with Crippen molar-refractivity contribution in [2.45, 2.75) is 57.0 Å². The van der Waals surface area contributed by atoms with E-state index >= 15 is 0 Å². The Kier molecular flexibility index (Phi) is 4.48. The van der Waals surface area contributed by atoms with Crippen molar-refractivity contribution in [2.75, 3.05) is 18.6 Å². The molecule has 1 atom stereocenters. The van der Waals surface area contributed by atoms with Gasteiger partial charge in [-0.05, 0) is 43.9 Å². The summed E-state index contributed by atoms with van der Waals surface area (Å²) in [6.45, 7) is 0.574. The molecule has 1 aliphatic heterocycles. The van der Waals surface area contributed by atoms with E-state index < -0.39 is 15.3 Å². The van der Waals surface area contributed by atoms with Crippen molar-refractivity contribution in [1.82, 2.24) is 20.4 Å². The molecule has 3 aliphatic rings. The summed E-state index contributed by atoms with van der Waals surface area (Å²) in [6.07, 6.45) is 6.39. The zero-order valence-electron chi connectivity index (χ0n) is 15.3. The normalized spacial score (nSPS) is 24.0. The number of aromatic nitrogens is 2. The molecule has 148 valence electrons. The van der Waals surface area contributed by atoms with Crippen molar-refractivity contribution in [2.24, 2.45) is 5.41 Å². The summed E-state index contributed by atoms with van der Waals surface area (Å²) in [5, 5.41) is 6.56.